The molecule has 4 rings (SSSR count). The molecule has 1 saturated carbocycles. The molecule has 2 aliphatic rings. The maximum atomic E-state index is 9.80. The van der Waals surface area contributed by atoms with Crippen molar-refractivity contribution in [2.45, 2.75) is 37.9 Å². The molecule has 0 aromatic heterocycles. The Bertz CT molecular complexity index is 662. The lowest BCUT2D eigenvalue weighted by atomic mass is 9.94. The van der Waals surface area contributed by atoms with E-state index >= 15 is 0 Å². The summed E-state index contributed by atoms with van der Waals surface area (Å²) in [4.78, 5) is 0. The Labute approximate surface area is 128 Å². The normalized spacial score (nSPS) is 18.5. The lowest BCUT2D eigenvalue weighted by Gasteiger charge is -2.36. The van der Waals surface area contributed by atoms with Crippen molar-refractivity contribution in [2.24, 2.45) is 0 Å². The summed E-state index contributed by atoms with van der Waals surface area (Å²) in [5, 5.41) is 19.6. The van der Waals surface area contributed by atoms with Crippen molar-refractivity contribution in [2.75, 3.05) is 0 Å². The van der Waals surface area contributed by atoms with Crippen LogP contribution in [0.2, 0.25) is 0 Å². The molecule has 0 saturated heterocycles. The van der Waals surface area contributed by atoms with Crippen LogP contribution >= 0.6 is 0 Å². The summed E-state index contributed by atoms with van der Waals surface area (Å²) in [7, 11) is 0. The van der Waals surface area contributed by atoms with E-state index in [9.17, 15) is 10.2 Å². The number of rotatable bonds is 0. The standard InChI is InChI=1S/C18H18O4/c19-12-4-6-14-15-7-5-13(20)11-17(15)22-18(21-16(14)10-12)8-2-1-3-9-18/h4-7,10-11,19-20H,1-3,8-9H2. The number of benzene rings is 2. The van der Waals surface area contributed by atoms with Gasteiger partial charge in [0.15, 0.2) is 0 Å². The van der Waals surface area contributed by atoms with E-state index in [0.717, 1.165) is 36.8 Å². The number of ether oxygens (including phenoxy) is 2. The van der Waals surface area contributed by atoms with Gasteiger partial charge in [0.05, 0.1) is 0 Å². The van der Waals surface area contributed by atoms with Crippen molar-refractivity contribution < 1.29 is 19.7 Å². The van der Waals surface area contributed by atoms with Gasteiger partial charge in [-0.25, -0.2) is 0 Å². The molecule has 4 heteroatoms. The molecule has 0 unspecified atom stereocenters. The predicted molar refractivity (Wildman–Crippen MR) is 82.3 cm³/mol. The van der Waals surface area contributed by atoms with Gasteiger partial charge in [-0.15, -0.1) is 0 Å². The Kier molecular flexibility index (Phi) is 2.93. The van der Waals surface area contributed by atoms with E-state index in [1.165, 1.54) is 6.42 Å². The number of phenols is 2. The summed E-state index contributed by atoms with van der Waals surface area (Å²) in [6.45, 7) is 0. The molecular formula is C18H18O4. The lowest BCUT2D eigenvalue weighted by Crippen LogP contribution is -2.43. The highest BCUT2D eigenvalue weighted by molar-refractivity contribution is 5.78. The number of hydrogen-bond donors (Lipinski definition) is 2. The molecule has 2 N–H and O–H groups in total. The Morgan fingerprint density at radius 2 is 1.23 bits per heavy atom. The fourth-order valence-electron chi connectivity index (χ4n) is 3.35. The van der Waals surface area contributed by atoms with Crippen molar-refractivity contribution in [3.8, 4) is 34.1 Å². The zero-order valence-electron chi connectivity index (χ0n) is 12.2. The summed E-state index contributed by atoms with van der Waals surface area (Å²) < 4.78 is 12.4. The maximum Gasteiger partial charge on any atom is 0.251 e. The van der Waals surface area contributed by atoms with Crippen molar-refractivity contribution in [3.63, 3.8) is 0 Å². The second-order valence-corrected chi connectivity index (χ2v) is 6.04. The number of fused-ring (bicyclic) bond motifs is 3. The van der Waals surface area contributed by atoms with Crippen molar-refractivity contribution >= 4 is 0 Å². The summed E-state index contributed by atoms with van der Waals surface area (Å²) in [5.41, 5.74) is 1.74. The highest BCUT2D eigenvalue weighted by Gasteiger charge is 2.40. The van der Waals surface area contributed by atoms with Crippen molar-refractivity contribution in [1.29, 1.82) is 0 Å². The van der Waals surface area contributed by atoms with Gasteiger partial charge in [0.25, 0.3) is 5.79 Å². The molecule has 2 aromatic carbocycles. The number of aromatic hydroxyl groups is 2. The van der Waals surface area contributed by atoms with Gasteiger partial charge in [0, 0.05) is 36.1 Å². The average molecular weight is 298 g/mol. The summed E-state index contributed by atoms with van der Waals surface area (Å²) in [5.74, 6) is 0.899. The Morgan fingerprint density at radius 3 is 1.73 bits per heavy atom. The number of hydrogen-bond acceptors (Lipinski definition) is 4. The highest BCUT2D eigenvalue weighted by Crippen LogP contribution is 2.47. The molecule has 0 radical (unpaired) electrons. The highest BCUT2D eigenvalue weighted by atomic mass is 16.7. The zero-order valence-corrected chi connectivity index (χ0v) is 12.2. The first kappa shape index (κ1) is 13.3. The van der Waals surface area contributed by atoms with Gasteiger partial charge >= 0.3 is 0 Å². The molecule has 4 nitrogen and oxygen atoms in total. The maximum absolute atomic E-state index is 9.80. The number of phenolic OH excluding ortho intramolecular Hbond substituents is 2. The molecule has 2 aromatic rings. The molecule has 0 amide bonds. The molecule has 0 atom stereocenters. The minimum atomic E-state index is -0.708. The first-order valence-corrected chi connectivity index (χ1v) is 7.70. The van der Waals surface area contributed by atoms with Crippen LogP contribution in [0.3, 0.4) is 0 Å². The molecule has 1 aliphatic carbocycles. The Balaban J connectivity index is 1.91. The molecule has 1 aliphatic heterocycles. The van der Waals surface area contributed by atoms with Crippen LogP contribution in [0, 0.1) is 0 Å². The topological polar surface area (TPSA) is 58.9 Å². The van der Waals surface area contributed by atoms with Crippen LogP contribution in [-0.4, -0.2) is 16.0 Å². The Hall–Kier alpha value is -2.36. The molecule has 0 bridgehead atoms. The lowest BCUT2D eigenvalue weighted by molar-refractivity contribution is -0.134. The largest absolute Gasteiger partial charge is 0.508 e. The summed E-state index contributed by atoms with van der Waals surface area (Å²) >= 11 is 0. The van der Waals surface area contributed by atoms with Crippen LogP contribution in [0.5, 0.6) is 23.0 Å². The van der Waals surface area contributed by atoms with E-state index in [4.69, 9.17) is 9.47 Å². The van der Waals surface area contributed by atoms with Gasteiger partial charge in [0.1, 0.15) is 23.0 Å². The van der Waals surface area contributed by atoms with Crippen molar-refractivity contribution in [3.05, 3.63) is 36.4 Å². The van der Waals surface area contributed by atoms with Crippen LogP contribution in [-0.2, 0) is 0 Å². The van der Waals surface area contributed by atoms with E-state index in [1.54, 1.807) is 24.3 Å². The van der Waals surface area contributed by atoms with Crippen LogP contribution in [0.4, 0.5) is 0 Å². The van der Waals surface area contributed by atoms with Gasteiger partial charge in [0.2, 0.25) is 0 Å². The quantitative estimate of drug-likeness (QED) is 0.765. The fraction of sp³-hybridized carbons (Fsp3) is 0.333. The molecule has 22 heavy (non-hydrogen) atoms. The van der Waals surface area contributed by atoms with E-state index in [1.807, 2.05) is 12.1 Å². The first-order valence-electron chi connectivity index (χ1n) is 7.70. The minimum absolute atomic E-state index is 0.173. The Morgan fingerprint density at radius 1 is 0.727 bits per heavy atom. The van der Waals surface area contributed by atoms with E-state index in [2.05, 4.69) is 0 Å². The summed E-state index contributed by atoms with van der Waals surface area (Å²) in [6, 6.07) is 10.2. The van der Waals surface area contributed by atoms with E-state index in [0.29, 0.717) is 11.5 Å². The molecular weight excluding hydrogens is 280 g/mol. The molecule has 1 spiro atoms. The van der Waals surface area contributed by atoms with Gasteiger partial charge in [-0.2, -0.15) is 0 Å². The first-order chi connectivity index (χ1) is 10.7. The monoisotopic (exact) mass is 298 g/mol. The summed E-state index contributed by atoms with van der Waals surface area (Å²) in [6.07, 6.45) is 4.87. The second-order valence-electron chi connectivity index (χ2n) is 6.04. The van der Waals surface area contributed by atoms with Gasteiger partial charge in [-0.3, -0.25) is 0 Å². The van der Waals surface area contributed by atoms with Crippen molar-refractivity contribution in [1.82, 2.24) is 0 Å². The third kappa shape index (κ3) is 2.15. The molecule has 114 valence electrons. The van der Waals surface area contributed by atoms with E-state index < -0.39 is 5.79 Å². The molecule has 1 fully saturated rings. The fourth-order valence-corrected chi connectivity index (χ4v) is 3.35. The SMILES string of the molecule is Oc1ccc2c(c1)OC1(CCCCC1)Oc1cc(O)ccc1-2. The van der Waals surface area contributed by atoms with Gasteiger partial charge in [-0.1, -0.05) is 6.42 Å². The third-order valence-corrected chi connectivity index (χ3v) is 4.43. The van der Waals surface area contributed by atoms with Crippen LogP contribution in [0.25, 0.3) is 11.1 Å². The van der Waals surface area contributed by atoms with E-state index in [-0.39, 0.29) is 11.5 Å². The minimum Gasteiger partial charge on any atom is -0.508 e. The molecule has 1 heterocycles. The van der Waals surface area contributed by atoms with Crippen LogP contribution < -0.4 is 9.47 Å². The average Bonchev–Trinajstić information content (AvgIpc) is 2.60. The second kappa shape index (κ2) is 4.83. The third-order valence-electron chi connectivity index (χ3n) is 4.43. The smallest absolute Gasteiger partial charge is 0.251 e. The van der Waals surface area contributed by atoms with Crippen LogP contribution in [0.15, 0.2) is 36.4 Å². The van der Waals surface area contributed by atoms with Gasteiger partial charge < -0.3 is 19.7 Å². The zero-order chi connectivity index (χ0) is 15.2. The predicted octanol–water partition coefficient (Wildman–Crippen LogP) is 4.20. The van der Waals surface area contributed by atoms with Gasteiger partial charge in [-0.05, 0) is 37.1 Å². The van der Waals surface area contributed by atoms with Crippen LogP contribution in [0.1, 0.15) is 32.1 Å².